The average molecular weight is 257 g/mol. The highest BCUT2D eigenvalue weighted by molar-refractivity contribution is 4.48. The lowest BCUT2D eigenvalue weighted by Gasteiger charge is -2.05. The summed E-state index contributed by atoms with van der Waals surface area (Å²) in [6.45, 7) is 8.77. The molecule has 0 aliphatic heterocycles. The standard InChI is InChI=1S/C16H35NO/c1-3-5-6-8-11-15-18-16-12-9-7-10-14-17-13-4-2/h17H,3-16H2,1-2H3. The van der Waals surface area contributed by atoms with Crippen LogP contribution in [-0.2, 0) is 4.74 Å². The minimum atomic E-state index is 0.968. The third-order valence-electron chi connectivity index (χ3n) is 3.21. The number of hydrogen-bond acceptors (Lipinski definition) is 2. The van der Waals surface area contributed by atoms with Crippen LogP contribution in [-0.4, -0.2) is 26.3 Å². The molecule has 0 saturated carbocycles. The Balaban J connectivity index is 2.86. The maximum Gasteiger partial charge on any atom is 0.0466 e. The van der Waals surface area contributed by atoms with Crippen LogP contribution in [0, 0.1) is 0 Å². The number of unbranched alkanes of at least 4 members (excludes halogenated alkanes) is 7. The molecule has 0 atom stereocenters. The number of hydrogen-bond donors (Lipinski definition) is 1. The number of nitrogens with one attached hydrogen (secondary N) is 1. The van der Waals surface area contributed by atoms with Crippen molar-refractivity contribution in [1.82, 2.24) is 5.32 Å². The van der Waals surface area contributed by atoms with Gasteiger partial charge in [0.25, 0.3) is 0 Å². The lowest BCUT2D eigenvalue weighted by molar-refractivity contribution is 0.125. The number of ether oxygens (including phenoxy) is 1. The van der Waals surface area contributed by atoms with Gasteiger partial charge in [0.2, 0.25) is 0 Å². The van der Waals surface area contributed by atoms with Crippen LogP contribution in [0.15, 0.2) is 0 Å². The molecule has 0 aliphatic rings. The van der Waals surface area contributed by atoms with Gasteiger partial charge in [0.15, 0.2) is 0 Å². The molecule has 18 heavy (non-hydrogen) atoms. The molecule has 0 aromatic carbocycles. The molecule has 0 rings (SSSR count). The Hall–Kier alpha value is -0.0800. The average Bonchev–Trinajstić information content (AvgIpc) is 2.39. The molecule has 2 heteroatoms. The molecule has 0 radical (unpaired) electrons. The molecular formula is C16H35NO. The maximum absolute atomic E-state index is 5.64. The van der Waals surface area contributed by atoms with E-state index in [0.717, 1.165) is 13.2 Å². The van der Waals surface area contributed by atoms with Crippen LogP contribution in [0.3, 0.4) is 0 Å². The van der Waals surface area contributed by atoms with Gasteiger partial charge in [-0.3, -0.25) is 0 Å². The zero-order chi connectivity index (χ0) is 13.3. The topological polar surface area (TPSA) is 21.3 Å². The summed E-state index contributed by atoms with van der Waals surface area (Å²) in [6.07, 6.45) is 13.1. The Morgan fingerprint density at radius 2 is 1.22 bits per heavy atom. The highest BCUT2D eigenvalue weighted by atomic mass is 16.5. The Kier molecular flexibility index (Phi) is 16.8. The van der Waals surface area contributed by atoms with Gasteiger partial charge in [0, 0.05) is 13.2 Å². The van der Waals surface area contributed by atoms with Crippen molar-refractivity contribution in [2.24, 2.45) is 0 Å². The molecule has 0 unspecified atom stereocenters. The summed E-state index contributed by atoms with van der Waals surface area (Å²) in [5, 5.41) is 3.44. The molecule has 0 aliphatic carbocycles. The molecule has 0 bridgehead atoms. The van der Waals surface area contributed by atoms with Crippen LogP contribution < -0.4 is 5.32 Å². The van der Waals surface area contributed by atoms with Crippen LogP contribution in [0.2, 0.25) is 0 Å². The van der Waals surface area contributed by atoms with Gasteiger partial charge in [-0.2, -0.15) is 0 Å². The zero-order valence-corrected chi connectivity index (χ0v) is 12.8. The van der Waals surface area contributed by atoms with Crippen LogP contribution in [0.1, 0.15) is 78.1 Å². The maximum atomic E-state index is 5.64. The van der Waals surface area contributed by atoms with E-state index in [9.17, 15) is 0 Å². The predicted molar refractivity (Wildman–Crippen MR) is 81.2 cm³/mol. The molecule has 0 aromatic rings. The summed E-state index contributed by atoms with van der Waals surface area (Å²) in [6, 6.07) is 0. The molecule has 0 saturated heterocycles. The van der Waals surface area contributed by atoms with Crippen LogP contribution in [0.25, 0.3) is 0 Å². The smallest absolute Gasteiger partial charge is 0.0466 e. The fourth-order valence-electron chi connectivity index (χ4n) is 2.02. The fraction of sp³-hybridized carbons (Fsp3) is 1.00. The van der Waals surface area contributed by atoms with E-state index in [1.807, 2.05) is 0 Å². The molecule has 110 valence electrons. The van der Waals surface area contributed by atoms with E-state index in [-0.39, 0.29) is 0 Å². The summed E-state index contributed by atoms with van der Waals surface area (Å²) in [7, 11) is 0. The minimum absolute atomic E-state index is 0.968. The van der Waals surface area contributed by atoms with Crippen molar-refractivity contribution in [3.63, 3.8) is 0 Å². The van der Waals surface area contributed by atoms with E-state index >= 15 is 0 Å². The molecular weight excluding hydrogens is 222 g/mol. The molecule has 0 heterocycles. The first kappa shape index (κ1) is 17.9. The molecule has 1 N–H and O–H groups in total. The number of rotatable bonds is 15. The van der Waals surface area contributed by atoms with Gasteiger partial charge in [-0.05, 0) is 38.8 Å². The van der Waals surface area contributed by atoms with Gasteiger partial charge in [-0.1, -0.05) is 52.4 Å². The third-order valence-corrected chi connectivity index (χ3v) is 3.21. The summed E-state index contributed by atoms with van der Waals surface area (Å²) in [5.41, 5.74) is 0. The molecule has 0 aromatic heterocycles. The van der Waals surface area contributed by atoms with Gasteiger partial charge in [0.05, 0.1) is 0 Å². The monoisotopic (exact) mass is 257 g/mol. The first-order valence-electron chi connectivity index (χ1n) is 8.20. The Bertz CT molecular complexity index is 123. The fourth-order valence-corrected chi connectivity index (χ4v) is 2.02. The third kappa shape index (κ3) is 15.9. The first-order valence-corrected chi connectivity index (χ1v) is 8.20. The van der Waals surface area contributed by atoms with Crippen molar-refractivity contribution in [1.29, 1.82) is 0 Å². The molecule has 2 nitrogen and oxygen atoms in total. The Morgan fingerprint density at radius 1 is 0.611 bits per heavy atom. The second-order valence-electron chi connectivity index (χ2n) is 5.19. The van der Waals surface area contributed by atoms with Crippen molar-refractivity contribution in [2.45, 2.75) is 78.1 Å². The minimum Gasteiger partial charge on any atom is -0.381 e. The van der Waals surface area contributed by atoms with Gasteiger partial charge in [-0.25, -0.2) is 0 Å². The SMILES string of the molecule is CCCCCCCOCCCCCCNCCC. The van der Waals surface area contributed by atoms with Gasteiger partial charge in [-0.15, -0.1) is 0 Å². The second-order valence-corrected chi connectivity index (χ2v) is 5.19. The second kappa shape index (κ2) is 16.9. The quantitative estimate of drug-likeness (QED) is 0.435. The van der Waals surface area contributed by atoms with Gasteiger partial charge >= 0.3 is 0 Å². The molecule has 0 fully saturated rings. The van der Waals surface area contributed by atoms with Crippen molar-refractivity contribution in [3.8, 4) is 0 Å². The van der Waals surface area contributed by atoms with E-state index in [2.05, 4.69) is 19.2 Å². The van der Waals surface area contributed by atoms with Crippen molar-refractivity contribution < 1.29 is 4.74 Å². The zero-order valence-electron chi connectivity index (χ0n) is 12.8. The van der Waals surface area contributed by atoms with Crippen molar-refractivity contribution in [2.75, 3.05) is 26.3 Å². The molecule has 0 spiro atoms. The Labute approximate surface area is 115 Å². The van der Waals surface area contributed by atoms with Crippen LogP contribution in [0.5, 0.6) is 0 Å². The van der Waals surface area contributed by atoms with E-state index in [4.69, 9.17) is 4.74 Å². The van der Waals surface area contributed by atoms with Crippen molar-refractivity contribution >= 4 is 0 Å². The van der Waals surface area contributed by atoms with E-state index < -0.39 is 0 Å². The van der Waals surface area contributed by atoms with Gasteiger partial charge < -0.3 is 10.1 Å². The molecule has 0 amide bonds. The Morgan fingerprint density at radius 3 is 1.83 bits per heavy atom. The lowest BCUT2D eigenvalue weighted by Crippen LogP contribution is -2.15. The highest BCUT2D eigenvalue weighted by Crippen LogP contribution is 2.03. The predicted octanol–water partition coefficient (Wildman–Crippen LogP) is 4.53. The lowest BCUT2D eigenvalue weighted by atomic mass is 10.2. The normalized spacial score (nSPS) is 11.0. The largest absolute Gasteiger partial charge is 0.381 e. The summed E-state index contributed by atoms with van der Waals surface area (Å²) >= 11 is 0. The van der Waals surface area contributed by atoms with Crippen molar-refractivity contribution in [3.05, 3.63) is 0 Å². The highest BCUT2D eigenvalue weighted by Gasteiger charge is 1.92. The summed E-state index contributed by atoms with van der Waals surface area (Å²) < 4.78 is 5.64. The summed E-state index contributed by atoms with van der Waals surface area (Å²) in [4.78, 5) is 0. The van der Waals surface area contributed by atoms with E-state index in [0.29, 0.717) is 0 Å². The van der Waals surface area contributed by atoms with E-state index in [1.165, 1.54) is 77.3 Å². The summed E-state index contributed by atoms with van der Waals surface area (Å²) in [5.74, 6) is 0. The first-order chi connectivity index (χ1) is 8.91. The van der Waals surface area contributed by atoms with E-state index in [1.54, 1.807) is 0 Å². The van der Waals surface area contributed by atoms with Crippen LogP contribution >= 0.6 is 0 Å². The van der Waals surface area contributed by atoms with Crippen LogP contribution in [0.4, 0.5) is 0 Å². The van der Waals surface area contributed by atoms with Gasteiger partial charge in [0.1, 0.15) is 0 Å².